The molecule has 18 heteroatoms. The second-order valence-corrected chi connectivity index (χ2v) is 15.4. The van der Waals surface area contributed by atoms with E-state index in [2.05, 4.69) is 35.6 Å². The lowest BCUT2D eigenvalue weighted by Gasteiger charge is -2.43. The zero-order valence-corrected chi connectivity index (χ0v) is 31.4. The number of phenolic OH excluding ortho intramolecular Hbond substituents is 1. The summed E-state index contributed by atoms with van der Waals surface area (Å²) in [5, 5.41) is 23.8. The first-order valence-corrected chi connectivity index (χ1v) is 19.1. The van der Waals surface area contributed by atoms with Crippen molar-refractivity contribution < 1.29 is 41.8 Å². The number of imide groups is 1. The summed E-state index contributed by atoms with van der Waals surface area (Å²) in [4.78, 5) is 49.1. The first-order chi connectivity index (χ1) is 27.9. The van der Waals surface area contributed by atoms with Gasteiger partial charge in [-0.2, -0.15) is 0 Å². The fourth-order valence-corrected chi connectivity index (χ4v) is 8.77. The van der Waals surface area contributed by atoms with E-state index in [1.165, 1.54) is 34.2 Å². The molecule has 2 aromatic heterocycles. The number of ether oxygens (including phenoxy) is 1. The molecule has 14 nitrogen and oxygen atoms in total. The number of hydrogen-bond donors (Lipinski definition) is 3. The molecule has 3 fully saturated rings. The maximum Gasteiger partial charge on any atom is 0.263 e. The van der Waals surface area contributed by atoms with Gasteiger partial charge in [0, 0.05) is 81.0 Å². The summed E-state index contributed by atoms with van der Waals surface area (Å²) in [7, 11) is 0. The molecular formula is C40H39F4N9O5. The monoisotopic (exact) mass is 801 g/mol. The first kappa shape index (κ1) is 37.5. The topological polar surface area (TPSA) is 156 Å². The molecule has 9 rings (SSSR count). The van der Waals surface area contributed by atoms with E-state index in [-0.39, 0.29) is 78.4 Å². The number of piperazine rings is 1. The summed E-state index contributed by atoms with van der Waals surface area (Å²) in [6.07, 6.45) is -1.75. The minimum absolute atomic E-state index is 0.0167. The number of fused-ring (bicyclic) bond motifs is 4. The summed E-state index contributed by atoms with van der Waals surface area (Å²) >= 11 is 0. The third-order valence-corrected chi connectivity index (χ3v) is 12.0. The average molecular weight is 802 g/mol. The van der Waals surface area contributed by atoms with E-state index in [0.29, 0.717) is 50.4 Å². The summed E-state index contributed by atoms with van der Waals surface area (Å²) in [5.41, 5.74) is 1.45. The van der Waals surface area contributed by atoms with Crippen LogP contribution in [-0.2, 0) is 22.7 Å². The van der Waals surface area contributed by atoms with Crippen LogP contribution in [0.3, 0.4) is 0 Å². The zero-order chi connectivity index (χ0) is 40.5. The van der Waals surface area contributed by atoms with Gasteiger partial charge in [-0.25, -0.2) is 17.6 Å². The number of aromatic hydroxyl groups is 1. The highest BCUT2D eigenvalue weighted by Gasteiger charge is 2.56. The van der Waals surface area contributed by atoms with Gasteiger partial charge in [0.1, 0.15) is 23.4 Å². The number of nitrogens with zero attached hydrogens (tertiary/aromatic N) is 7. The Hall–Kier alpha value is -6.04. The van der Waals surface area contributed by atoms with Crippen LogP contribution in [0.1, 0.15) is 46.4 Å². The van der Waals surface area contributed by atoms with Crippen LogP contribution in [0, 0.1) is 18.6 Å². The number of carbonyl (C=O) groups excluding carboxylic acids is 3. The van der Waals surface area contributed by atoms with Crippen molar-refractivity contribution in [1.82, 2.24) is 30.3 Å². The van der Waals surface area contributed by atoms with E-state index < -0.39 is 47.4 Å². The van der Waals surface area contributed by atoms with E-state index in [9.17, 15) is 32.7 Å². The Bertz CT molecular complexity index is 2340. The maximum atomic E-state index is 15.9. The first-order valence-electron chi connectivity index (χ1n) is 19.1. The molecule has 3 saturated heterocycles. The Kier molecular flexibility index (Phi) is 9.32. The van der Waals surface area contributed by atoms with Gasteiger partial charge >= 0.3 is 0 Å². The fourth-order valence-electron chi connectivity index (χ4n) is 8.77. The number of nitrogens with one attached hydrogen (secondary N) is 2. The summed E-state index contributed by atoms with van der Waals surface area (Å²) in [6.45, 7) is 4.40. The van der Waals surface area contributed by atoms with Crippen molar-refractivity contribution in [3.05, 3.63) is 82.7 Å². The van der Waals surface area contributed by atoms with Crippen molar-refractivity contribution in [3.63, 3.8) is 0 Å². The maximum absolute atomic E-state index is 15.9. The number of hydrogen-bond acceptors (Lipinski definition) is 12. The number of carbonyl (C=O) groups is 3. The molecule has 0 aliphatic carbocycles. The third kappa shape index (κ3) is 6.38. The average Bonchev–Trinajstić information content (AvgIpc) is 3.77. The molecule has 0 unspecified atom stereocenters. The number of alkyl halides is 2. The van der Waals surface area contributed by atoms with Gasteiger partial charge in [0.25, 0.3) is 12.3 Å². The van der Waals surface area contributed by atoms with E-state index in [1.54, 1.807) is 6.92 Å². The summed E-state index contributed by atoms with van der Waals surface area (Å²) in [5.74, 6) is -2.64. The SMILES string of the molecule is Cc1c(O[C@H]2CN3c4cc(-c5cccc(F)c5O)nnc4NC[C@@]3(C(F)F)C2)cnc(CN2CCN(c3ccc4c(c3)C(=O)N([C@H]3CCC(=O)NC3=O)C4)CC2)c1F. The van der Waals surface area contributed by atoms with Gasteiger partial charge in [0.2, 0.25) is 11.8 Å². The van der Waals surface area contributed by atoms with Gasteiger partial charge in [0.05, 0.1) is 29.8 Å². The molecular weight excluding hydrogens is 762 g/mol. The molecule has 5 aliphatic heterocycles. The molecule has 58 heavy (non-hydrogen) atoms. The van der Waals surface area contributed by atoms with Crippen LogP contribution in [0.15, 0.2) is 48.7 Å². The Morgan fingerprint density at radius 1 is 1.03 bits per heavy atom. The molecule has 0 radical (unpaired) electrons. The second kappa shape index (κ2) is 14.4. The van der Waals surface area contributed by atoms with Crippen LogP contribution >= 0.6 is 0 Å². The Morgan fingerprint density at radius 3 is 2.62 bits per heavy atom. The van der Waals surface area contributed by atoms with Crippen LogP contribution < -0.4 is 25.2 Å². The minimum atomic E-state index is -2.81. The molecule has 3 amide bonds. The number of amides is 3. The van der Waals surface area contributed by atoms with E-state index >= 15 is 4.39 Å². The standard InChI is InChI=1S/C40H39F4N9O5/c1-21-32(58-24-15-40(39(43)44)20-46-36-31(53(40)18-24)14-28(48-49-36)25-3-2-4-27(41)35(25)55)16-45-29(34(21)42)19-50-9-11-51(12-10-50)23-6-5-22-17-52(38(57)26(22)13-23)30-7-8-33(54)47-37(30)56/h2-6,13-14,16,24,30,39,55H,7-12,15,17-20H2,1H3,(H,46,49)(H,47,54,56)/t24-,30+,40-/m1/s1. The number of piperidine rings is 1. The number of para-hydroxylation sites is 1. The van der Waals surface area contributed by atoms with Crippen LogP contribution in [0.4, 0.5) is 34.8 Å². The smallest absolute Gasteiger partial charge is 0.263 e. The van der Waals surface area contributed by atoms with Crippen molar-refractivity contribution in [2.75, 3.05) is 54.4 Å². The Balaban J connectivity index is 0.844. The van der Waals surface area contributed by atoms with Crippen molar-refractivity contribution in [2.24, 2.45) is 0 Å². The number of pyridine rings is 1. The predicted molar refractivity (Wildman–Crippen MR) is 202 cm³/mol. The fraction of sp³-hybridized carbons (Fsp3) is 0.400. The molecule has 302 valence electrons. The summed E-state index contributed by atoms with van der Waals surface area (Å²) in [6, 6.07) is 10.5. The number of anilines is 3. The van der Waals surface area contributed by atoms with Crippen LogP contribution in [-0.4, -0.2) is 111 Å². The van der Waals surface area contributed by atoms with E-state index in [0.717, 1.165) is 17.3 Å². The highest BCUT2D eigenvalue weighted by Crippen LogP contribution is 2.47. The third-order valence-electron chi connectivity index (χ3n) is 12.0. The highest BCUT2D eigenvalue weighted by molar-refractivity contribution is 6.05. The predicted octanol–water partition coefficient (Wildman–Crippen LogP) is 4.00. The number of phenols is 1. The highest BCUT2D eigenvalue weighted by atomic mass is 19.3. The zero-order valence-electron chi connectivity index (χ0n) is 31.4. The molecule has 7 heterocycles. The molecule has 3 atom stereocenters. The minimum Gasteiger partial charge on any atom is -0.504 e. The lowest BCUT2D eigenvalue weighted by molar-refractivity contribution is -0.136. The van der Waals surface area contributed by atoms with Crippen LogP contribution in [0.5, 0.6) is 11.5 Å². The van der Waals surface area contributed by atoms with Crippen molar-refractivity contribution >= 4 is 34.9 Å². The van der Waals surface area contributed by atoms with Crippen molar-refractivity contribution in [2.45, 2.75) is 63.4 Å². The van der Waals surface area contributed by atoms with Gasteiger partial charge in [-0.1, -0.05) is 12.1 Å². The lowest BCUT2D eigenvalue weighted by Crippen LogP contribution is -2.57. The van der Waals surface area contributed by atoms with Crippen LogP contribution in [0.2, 0.25) is 0 Å². The van der Waals surface area contributed by atoms with Crippen molar-refractivity contribution in [3.8, 4) is 22.8 Å². The molecule has 2 aromatic carbocycles. The normalized spacial score (nSPS) is 23.1. The number of benzene rings is 2. The molecule has 0 saturated carbocycles. The lowest BCUT2D eigenvalue weighted by atomic mass is 9.93. The van der Waals surface area contributed by atoms with Gasteiger partial charge in [0.15, 0.2) is 23.2 Å². The van der Waals surface area contributed by atoms with Gasteiger partial charge in [-0.05, 0) is 49.2 Å². The van der Waals surface area contributed by atoms with Gasteiger partial charge in [-0.3, -0.25) is 29.6 Å². The second-order valence-electron chi connectivity index (χ2n) is 15.4. The molecule has 0 bridgehead atoms. The number of aromatic nitrogens is 3. The molecule has 4 aromatic rings. The Labute approximate surface area is 329 Å². The number of rotatable bonds is 8. The molecule has 3 N–H and O–H groups in total. The van der Waals surface area contributed by atoms with E-state index in [1.807, 2.05) is 18.2 Å². The molecule has 5 aliphatic rings. The van der Waals surface area contributed by atoms with Crippen molar-refractivity contribution in [1.29, 1.82) is 0 Å². The van der Waals surface area contributed by atoms with Crippen LogP contribution in [0.25, 0.3) is 11.3 Å². The summed E-state index contributed by atoms with van der Waals surface area (Å²) < 4.78 is 66.1. The van der Waals surface area contributed by atoms with Gasteiger partial charge < -0.3 is 29.9 Å². The Morgan fingerprint density at radius 2 is 1.84 bits per heavy atom. The van der Waals surface area contributed by atoms with E-state index in [4.69, 9.17) is 4.74 Å². The quantitative estimate of drug-likeness (QED) is 0.174. The molecule has 0 spiro atoms. The largest absolute Gasteiger partial charge is 0.504 e. The van der Waals surface area contributed by atoms with Gasteiger partial charge in [-0.15, -0.1) is 10.2 Å². The number of halogens is 4.